The van der Waals surface area contributed by atoms with Gasteiger partial charge in [0, 0.05) is 58.4 Å². The van der Waals surface area contributed by atoms with Crippen molar-refractivity contribution in [2.75, 3.05) is 32.1 Å². The Labute approximate surface area is 150 Å². The SMILES string of the molecule is CN=C(NCc1ccc(N2CC=CC2)cc1)N(C)Cc1cccn1C. The predicted molar refractivity (Wildman–Crippen MR) is 105 cm³/mol. The van der Waals surface area contributed by atoms with E-state index in [1.165, 1.54) is 16.9 Å². The normalized spacial score (nSPS) is 14.2. The Morgan fingerprint density at radius 2 is 1.88 bits per heavy atom. The third-order valence-corrected chi connectivity index (χ3v) is 4.59. The Hall–Kier alpha value is -2.69. The van der Waals surface area contributed by atoms with Gasteiger partial charge in [0.05, 0.1) is 6.54 Å². The first-order chi connectivity index (χ1) is 12.2. The Morgan fingerprint density at radius 1 is 1.16 bits per heavy atom. The fourth-order valence-electron chi connectivity index (χ4n) is 3.06. The van der Waals surface area contributed by atoms with Crippen molar-refractivity contribution in [1.29, 1.82) is 0 Å². The van der Waals surface area contributed by atoms with Crippen LogP contribution in [0.5, 0.6) is 0 Å². The molecule has 132 valence electrons. The molecule has 0 spiro atoms. The van der Waals surface area contributed by atoms with Gasteiger partial charge >= 0.3 is 0 Å². The summed E-state index contributed by atoms with van der Waals surface area (Å²) in [6.07, 6.45) is 6.49. The van der Waals surface area contributed by atoms with E-state index in [1.54, 1.807) is 0 Å². The van der Waals surface area contributed by atoms with E-state index in [-0.39, 0.29) is 0 Å². The van der Waals surface area contributed by atoms with Crippen molar-refractivity contribution < 1.29 is 0 Å². The third kappa shape index (κ3) is 4.24. The zero-order chi connectivity index (χ0) is 17.6. The molecule has 5 heteroatoms. The van der Waals surface area contributed by atoms with Crippen molar-refractivity contribution in [1.82, 2.24) is 14.8 Å². The molecule has 25 heavy (non-hydrogen) atoms. The fourth-order valence-corrected chi connectivity index (χ4v) is 3.06. The van der Waals surface area contributed by atoms with E-state index in [0.29, 0.717) is 0 Å². The molecule has 1 aromatic heterocycles. The van der Waals surface area contributed by atoms with E-state index >= 15 is 0 Å². The average molecular weight is 337 g/mol. The highest BCUT2D eigenvalue weighted by Gasteiger charge is 2.09. The number of nitrogens with zero attached hydrogens (tertiary/aromatic N) is 4. The van der Waals surface area contributed by atoms with Crippen molar-refractivity contribution >= 4 is 11.6 Å². The van der Waals surface area contributed by atoms with Crippen molar-refractivity contribution in [2.45, 2.75) is 13.1 Å². The van der Waals surface area contributed by atoms with Gasteiger partial charge in [-0.05, 0) is 29.8 Å². The van der Waals surface area contributed by atoms with Gasteiger partial charge in [-0.25, -0.2) is 0 Å². The molecule has 0 saturated carbocycles. The molecule has 1 aliphatic heterocycles. The van der Waals surface area contributed by atoms with E-state index in [4.69, 9.17) is 0 Å². The smallest absolute Gasteiger partial charge is 0.194 e. The quantitative estimate of drug-likeness (QED) is 0.518. The van der Waals surface area contributed by atoms with Crippen LogP contribution in [0, 0.1) is 0 Å². The number of nitrogens with one attached hydrogen (secondary N) is 1. The summed E-state index contributed by atoms with van der Waals surface area (Å²) in [6.45, 7) is 3.61. The molecule has 0 radical (unpaired) electrons. The van der Waals surface area contributed by atoms with Gasteiger partial charge in [-0.2, -0.15) is 0 Å². The molecule has 1 aromatic carbocycles. The molecule has 2 heterocycles. The van der Waals surface area contributed by atoms with Crippen molar-refractivity contribution in [3.05, 3.63) is 66.0 Å². The van der Waals surface area contributed by atoms with Crippen LogP contribution in [0.1, 0.15) is 11.3 Å². The zero-order valence-corrected chi connectivity index (χ0v) is 15.3. The maximum absolute atomic E-state index is 4.40. The summed E-state index contributed by atoms with van der Waals surface area (Å²) in [5.74, 6) is 0.897. The predicted octanol–water partition coefficient (Wildman–Crippen LogP) is 2.61. The lowest BCUT2D eigenvalue weighted by Gasteiger charge is -2.23. The number of aromatic nitrogens is 1. The molecular formula is C20H27N5. The standard InChI is InChI=1S/C20H27N5/c1-21-20(24(3)16-19-7-6-12-23(19)2)22-15-17-8-10-18(11-9-17)25-13-4-5-14-25/h4-12H,13-16H2,1-3H3,(H,21,22). The Kier molecular flexibility index (Phi) is 5.43. The Bertz CT molecular complexity index is 734. The van der Waals surface area contributed by atoms with E-state index in [0.717, 1.165) is 32.1 Å². The summed E-state index contributed by atoms with van der Waals surface area (Å²) >= 11 is 0. The first-order valence-electron chi connectivity index (χ1n) is 8.68. The number of benzene rings is 1. The van der Waals surface area contributed by atoms with Gasteiger partial charge in [0.25, 0.3) is 0 Å². The zero-order valence-electron chi connectivity index (χ0n) is 15.3. The number of aliphatic imine (C=N–C) groups is 1. The molecule has 0 fully saturated rings. The van der Waals surface area contributed by atoms with Crippen LogP contribution in [-0.4, -0.2) is 42.6 Å². The highest BCUT2D eigenvalue weighted by molar-refractivity contribution is 5.79. The highest BCUT2D eigenvalue weighted by Crippen LogP contribution is 2.17. The monoisotopic (exact) mass is 337 g/mol. The van der Waals surface area contributed by atoms with Crippen LogP contribution in [0.3, 0.4) is 0 Å². The summed E-state index contributed by atoms with van der Waals surface area (Å²) in [4.78, 5) is 8.89. The van der Waals surface area contributed by atoms with Gasteiger partial charge in [-0.1, -0.05) is 24.3 Å². The minimum atomic E-state index is 0.767. The third-order valence-electron chi connectivity index (χ3n) is 4.59. The molecule has 0 aliphatic carbocycles. The van der Waals surface area contributed by atoms with Crippen LogP contribution in [0.15, 0.2) is 59.7 Å². The molecular weight excluding hydrogens is 310 g/mol. The van der Waals surface area contributed by atoms with Crippen LogP contribution < -0.4 is 10.2 Å². The van der Waals surface area contributed by atoms with Gasteiger partial charge in [-0.3, -0.25) is 4.99 Å². The van der Waals surface area contributed by atoms with Crippen molar-refractivity contribution in [2.24, 2.45) is 12.0 Å². The van der Waals surface area contributed by atoms with E-state index < -0.39 is 0 Å². The van der Waals surface area contributed by atoms with Crippen molar-refractivity contribution in [3.8, 4) is 0 Å². The van der Waals surface area contributed by atoms with Crippen LogP contribution >= 0.6 is 0 Å². The second-order valence-electron chi connectivity index (χ2n) is 6.41. The maximum Gasteiger partial charge on any atom is 0.194 e. The highest BCUT2D eigenvalue weighted by atomic mass is 15.3. The lowest BCUT2D eigenvalue weighted by atomic mass is 10.2. The summed E-state index contributed by atoms with van der Waals surface area (Å²) in [6, 6.07) is 13.0. The summed E-state index contributed by atoms with van der Waals surface area (Å²) in [5.41, 5.74) is 3.79. The molecule has 3 rings (SSSR count). The first-order valence-corrected chi connectivity index (χ1v) is 8.68. The fraction of sp³-hybridized carbons (Fsp3) is 0.350. The van der Waals surface area contributed by atoms with Gasteiger partial charge in [-0.15, -0.1) is 0 Å². The van der Waals surface area contributed by atoms with Gasteiger partial charge in [0.2, 0.25) is 0 Å². The van der Waals surface area contributed by atoms with Gasteiger partial charge < -0.3 is 19.7 Å². The molecule has 5 nitrogen and oxygen atoms in total. The number of anilines is 1. The molecule has 1 aliphatic rings. The lowest BCUT2D eigenvalue weighted by Crippen LogP contribution is -2.38. The van der Waals surface area contributed by atoms with E-state index in [2.05, 4.69) is 93.5 Å². The van der Waals surface area contributed by atoms with E-state index in [9.17, 15) is 0 Å². The molecule has 0 unspecified atom stereocenters. The first kappa shape index (κ1) is 17.1. The molecule has 2 aromatic rings. The Morgan fingerprint density at radius 3 is 2.48 bits per heavy atom. The molecule has 0 bridgehead atoms. The number of hydrogen-bond acceptors (Lipinski definition) is 2. The van der Waals surface area contributed by atoms with Crippen molar-refractivity contribution in [3.63, 3.8) is 0 Å². The molecule has 0 saturated heterocycles. The van der Waals surface area contributed by atoms with E-state index in [1.807, 2.05) is 7.05 Å². The van der Waals surface area contributed by atoms with Crippen LogP contribution in [0.25, 0.3) is 0 Å². The molecule has 1 N–H and O–H groups in total. The molecule has 0 atom stereocenters. The Balaban J connectivity index is 1.54. The maximum atomic E-state index is 4.40. The average Bonchev–Trinajstić information content (AvgIpc) is 3.29. The number of rotatable bonds is 5. The lowest BCUT2D eigenvalue weighted by molar-refractivity contribution is 0.461. The summed E-state index contributed by atoms with van der Waals surface area (Å²) in [7, 11) is 5.95. The van der Waals surface area contributed by atoms with Crippen LogP contribution in [0.2, 0.25) is 0 Å². The van der Waals surface area contributed by atoms with Gasteiger partial charge in [0.1, 0.15) is 0 Å². The van der Waals surface area contributed by atoms with Gasteiger partial charge in [0.15, 0.2) is 5.96 Å². The summed E-state index contributed by atoms with van der Waals surface area (Å²) < 4.78 is 2.13. The minimum Gasteiger partial charge on any atom is -0.364 e. The topological polar surface area (TPSA) is 35.8 Å². The number of hydrogen-bond donors (Lipinski definition) is 1. The van der Waals surface area contributed by atoms with Crippen LogP contribution in [0.4, 0.5) is 5.69 Å². The van der Waals surface area contributed by atoms with Crippen LogP contribution in [-0.2, 0) is 20.1 Å². The largest absolute Gasteiger partial charge is 0.364 e. The second kappa shape index (κ2) is 7.92. The summed E-state index contributed by atoms with van der Waals surface area (Å²) in [5, 5.41) is 3.45. The number of aryl methyl sites for hydroxylation is 1. The minimum absolute atomic E-state index is 0.767. The second-order valence-corrected chi connectivity index (χ2v) is 6.41. The molecule has 0 amide bonds. The number of guanidine groups is 1.